The van der Waals surface area contributed by atoms with E-state index in [1.807, 2.05) is 72.0 Å². The van der Waals surface area contributed by atoms with E-state index >= 15 is 0 Å². The Kier molecular flexibility index (Phi) is 4.86. The molecule has 4 heteroatoms. The normalized spacial score (nSPS) is 10.4. The number of amides is 1. The predicted molar refractivity (Wildman–Crippen MR) is 89.7 cm³/mol. The standard InChI is InChI=1S/C19H18N2O2/c22-19(14-20-13-16-9-6-12-23-16)21-18-11-5-4-10-17(18)15-7-2-1-3-8-15/h1-12,20H,13-14H2,(H,21,22)/p+1. The van der Waals surface area contributed by atoms with E-state index in [4.69, 9.17) is 4.42 Å². The van der Waals surface area contributed by atoms with Crippen molar-refractivity contribution >= 4 is 11.6 Å². The van der Waals surface area contributed by atoms with Crippen LogP contribution in [-0.2, 0) is 11.3 Å². The molecule has 1 heterocycles. The van der Waals surface area contributed by atoms with Crippen molar-refractivity contribution in [3.63, 3.8) is 0 Å². The number of hydrogen-bond acceptors (Lipinski definition) is 2. The molecular formula is C19H19N2O2+. The SMILES string of the molecule is O=C(C[NH2+]Cc1ccco1)Nc1ccccc1-c1ccccc1. The number of quaternary nitrogens is 1. The second-order valence-electron chi connectivity index (χ2n) is 5.24. The van der Waals surface area contributed by atoms with Crippen LogP contribution in [0.1, 0.15) is 5.76 Å². The van der Waals surface area contributed by atoms with Crippen molar-refractivity contribution < 1.29 is 14.5 Å². The lowest BCUT2D eigenvalue weighted by Gasteiger charge is -2.10. The Labute approximate surface area is 135 Å². The lowest BCUT2D eigenvalue weighted by Crippen LogP contribution is -2.84. The molecule has 3 rings (SSSR count). The third-order valence-corrected chi connectivity index (χ3v) is 3.54. The van der Waals surface area contributed by atoms with Gasteiger partial charge >= 0.3 is 0 Å². The number of rotatable bonds is 6. The van der Waals surface area contributed by atoms with Crippen LogP contribution >= 0.6 is 0 Å². The molecule has 0 aliphatic rings. The molecule has 1 aromatic heterocycles. The van der Waals surface area contributed by atoms with Crippen molar-refractivity contribution in [3.8, 4) is 11.1 Å². The highest BCUT2D eigenvalue weighted by Gasteiger charge is 2.09. The monoisotopic (exact) mass is 307 g/mol. The number of hydrogen-bond donors (Lipinski definition) is 2. The Bertz CT molecular complexity index is 752. The molecule has 3 aromatic rings. The van der Waals surface area contributed by atoms with Crippen LogP contribution in [0.15, 0.2) is 77.4 Å². The summed E-state index contributed by atoms with van der Waals surface area (Å²) in [6, 6.07) is 21.6. The summed E-state index contributed by atoms with van der Waals surface area (Å²) in [6.45, 7) is 1.00. The molecule has 1 amide bonds. The molecule has 0 spiro atoms. The van der Waals surface area contributed by atoms with Gasteiger partial charge in [0.15, 0.2) is 12.3 Å². The molecule has 4 nitrogen and oxygen atoms in total. The largest absolute Gasteiger partial charge is 0.463 e. The number of carbonyl (C=O) groups is 1. The van der Waals surface area contributed by atoms with E-state index in [2.05, 4.69) is 5.32 Å². The molecule has 23 heavy (non-hydrogen) atoms. The topological polar surface area (TPSA) is 58.9 Å². The van der Waals surface area contributed by atoms with Gasteiger partial charge in [-0.1, -0.05) is 48.5 Å². The maximum atomic E-state index is 12.2. The summed E-state index contributed by atoms with van der Waals surface area (Å²) in [4.78, 5) is 12.2. The number of anilines is 1. The van der Waals surface area contributed by atoms with Crippen LogP contribution < -0.4 is 10.6 Å². The lowest BCUT2D eigenvalue weighted by molar-refractivity contribution is -0.661. The van der Waals surface area contributed by atoms with Crippen molar-refractivity contribution in [2.75, 3.05) is 11.9 Å². The molecule has 0 atom stereocenters. The molecule has 0 unspecified atom stereocenters. The van der Waals surface area contributed by atoms with E-state index in [-0.39, 0.29) is 5.91 Å². The Morgan fingerprint density at radius 3 is 2.52 bits per heavy atom. The average molecular weight is 307 g/mol. The minimum absolute atomic E-state index is 0.0278. The molecular weight excluding hydrogens is 288 g/mol. The van der Waals surface area contributed by atoms with Gasteiger partial charge in [0.05, 0.1) is 6.26 Å². The number of furan rings is 1. The van der Waals surface area contributed by atoms with Gasteiger partial charge in [-0.2, -0.15) is 0 Å². The van der Waals surface area contributed by atoms with E-state index in [0.29, 0.717) is 13.1 Å². The first-order valence-corrected chi connectivity index (χ1v) is 7.61. The molecule has 0 saturated heterocycles. The van der Waals surface area contributed by atoms with Gasteiger partial charge < -0.3 is 15.1 Å². The quantitative estimate of drug-likeness (QED) is 0.735. The maximum Gasteiger partial charge on any atom is 0.279 e. The fourth-order valence-corrected chi connectivity index (χ4v) is 2.44. The Morgan fingerprint density at radius 2 is 1.74 bits per heavy atom. The number of carbonyl (C=O) groups excluding carboxylic acids is 1. The molecule has 0 aliphatic heterocycles. The number of benzene rings is 2. The van der Waals surface area contributed by atoms with Gasteiger partial charge in [0.25, 0.3) is 5.91 Å². The van der Waals surface area contributed by atoms with Crippen molar-refractivity contribution in [2.24, 2.45) is 0 Å². The van der Waals surface area contributed by atoms with Gasteiger partial charge in [-0.25, -0.2) is 0 Å². The van der Waals surface area contributed by atoms with E-state index in [1.54, 1.807) is 6.26 Å². The van der Waals surface area contributed by atoms with Gasteiger partial charge in [0.2, 0.25) is 0 Å². The Balaban J connectivity index is 1.62. The van der Waals surface area contributed by atoms with Crippen molar-refractivity contribution in [2.45, 2.75) is 6.54 Å². The molecule has 2 aromatic carbocycles. The van der Waals surface area contributed by atoms with Crippen LogP contribution in [-0.4, -0.2) is 12.5 Å². The second kappa shape index (κ2) is 7.42. The molecule has 0 aliphatic carbocycles. The summed E-state index contributed by atoms with van der Waals surface area (Å²) in [5.74, 6) is 0.836. The molecule has 0 radical (unpaired) electrons. The fraction of sp³-hybridized carbons (Fsp3) is 0.105. The van der Waals surface area contributed by atoms with Crippen LogP contribution in [0, 0.1) is 0 Å². The van der Waals surface area contributed by atoms with Gasteiger partial charge in [-0.05, 0) is 23.8 Å². The first-order chi connectivity index (χ1) is 11.3. The minimum atomic E-state index is -0.0278. The van der Waals surface area contributed by atoms with Crippen LogP contribution in [0.4, 0.5) is 5.69 Å². The van der Waals surface area contributed by atoms with Crippen molar-refractivity contribution in [3.05, 3.63) is 78.8 Å². The summed E-state index contributed by atoms with van der Waals surface area (Å²) in [7, 11) is 0. The molecule has 116 valence electrons. The number of nitrogens with one attached hydrogen (secondary N) is 1. The van der Waals surface area contributed by atoms with E-state index in [9.17, 15) is 4.79 Å². The average Bonchev–Trinajstić information content (AvgIpc) is 3.09. The highest BCUT2D eigenvalue weighted by Crippen LogP contribution is 2.27. The maximum absolute atomic E-state index is 12.2. The third-order valence-electron chi connectivity index (χ3n) is 3.54. The highest BCUT2D eigenvalue weighted by atomic mass is 16.3. The molecule has 0 bridgehead atoms. The van der Waals surface area contributed by atoms with Gasteiger partial charge in [-0.3, -0.25) is 4.79 Å². The summed E-state index contributed by atoms with van der Waals surface area (Å²) in [5, 5.41) is 4.90. The van der Waals surface area contributed by atoms with Gasteiger partial charge in [0, 0.05) is 11.3 Å². The summed E-state index contributed by atoms with van der Waals surface area (Å²) in [6.07, 6.45) is 1.64. The van der Waals surface area contributed by atoms with E-state index in [0.717, 1.165) is 22.6 Å². The second-order valence-corrected chi connectivity index (χ2v) is 5.24. The Morgan fingerprint density at radius 1 is 0.957 bits per heavy atom. The molecule has 3 N–H and O–H groups in total. The number of para-hydroxylation sites is 1. The zero-order valence-electron chi connectivity index (χ0n) is 12.7. The van der Waals surface area contributed by atoms with Gasteiger partial charge in [-0.15, -0.1) is 0 Å². The zero-order chi connectivity index (χ0) is 15.9. The van der Waals surface area contributed by atoms with Crippen molar-refractivity contribution in [1.29, 1.82) is 0 Å². The van der Waals surface area contributed by atoms with E-state index < -0.39 is 0 Å². The predicted octanol–water partition coefficient (Wildman–Crippen LogP) is 2.65. The smallest absolute Gasteiger partial charge is 0.279 e. The summed E-state index contributed by atoms with van der Waals surface area (Å²) < 4.78 is 5.25. The third kappa shape index (κ3) is 4.08. The first-order valence-electron chi connectivity index (χ1n) is 7.61. The minimum Gasteiger partial charge on any atom is -0.463 e. The Hall–Kier alpha value is -2.85. The summed E-state index contributed by atoms with van der Waals surface area (Å²) in [5.41, 5.74) is 2.94. The fourth-order valence-electron chi connectivity index (χ4n) is 2.44. The molecule has 0 saturated carbocycles. The lowest BCUT2D eigenvalue weighted by atomic mass is 10.0. The van der Waals surface area contributed by atoms with Gasteiger partial charge in [0.1, 0.15) is 6.54 Å². The zero-order valence-corrected chi connectivity index (χ0v) is 12.7. The highest BCUT2D eigenvalue weighted by molar-refractivity contribution is 5.95. The van der Waals surface area contributed by atoms with Crippen molar-refractivity contribution in [1.82, 2.24) is 0 Å². The summed E-state index contributed by atoms with van der Waals surface area (Å²) >= 11 is 0. The van der Waals surface area contributed by atoms with Crippen LogP contribution in [0.3, 0.4) is 0 Å². The van der Waals surface area contributed by atoms with Crippen LogP contribution in [0.5, 0.6) is 0 Å². The van der Waals surface area contributed by atoms with Crippen LogP contribution in [0.2, 0.25) is 0 Å². The van der Waals surface area contributed by atoms with E-state index in [1.165, 1.54) is 0 Å². The first kappa shape index (κ1) is 15.1. The van der Waals surface area contributed by atoms with Crippen LogP contribution in [0.25, 0.3) is 11.1 Å². The molecule has 0 fully saturated rings. The number of nitrogens with two attached hydrogens (primary N) is 1.